The van der Waals surface area contributed by atoms with Crippen LogP contribution in [0.25, 0.3) is 0 Å². The highest BCUT2D eigenvalue weighted by atomic mass is 79.9. The second-order valence-electron chi connectivity index (χ2n) is 7.12. The second-order valence-corrected chi connectivity index (χ2v) is 8.41. The van der Waals surface area contributed by atoms with Crippen LogP contribution in [0.2, 0.25) is 5.02 Å². The molecule has 0 atom stereocenters. The summed E-state index contributed by atoms with van der Waals surface area (Å²) in [6.07, 6.45) is 0. The van der Waals surface area contributed by atoms with Gasteiger partial charge in [0.15, 0.2) is 5.96 Å². The smallest absolute Gasteiger partial charge is 0.284 e. The summed E-state index contributed by atoms with van der Waals surface area (Å²) in [7, 11) is 0. The summed E-state index contributed by atoms with van der Waals surface area (Å²) < 4.78 is 26.7. The number of nitrogens with one attached hydrogen (secondary N) is 4. The van der Waals surface area contributed by atoms with Gasteiger partial charge in [-0.3, -0.25) is 9.59 Å². The van der Waals surface area contributed by atoms with Gasteiger partial charge in [-0.1, -0.05) is 39.3 Å². The highest BCUT2D eigenvalue weighted by molar-refractivity contribution is 9.10. The first-order valence-corrected chi connectivity index (χ1v) is 12.7. The van der Waals surface area contributed by atoms with Gasteiger partial charge in [-0.25, -0.2) is 13.8 Å². The number of rotatable bonds is 6. The Morgan fingerprint density at radius 3 is 2.41 bits per heavy atom. The lowest BCUT2D eigenvalue weighted by molar-refractivity contribution is -0.120. The Bertz CT molecular complexity index is 1120. The van der Waals surface area contributed by atoms with Crippen molar-refractivity contribution in [3.63, 3.8) is 0 Å². The lowest BCUT2D eigenvalue weighted by atomic mass is 10.1. The van der Waals surface area contributed by atoms with Crippen LogP contribution in [0.1, 0.15) is 43.6 Å². The number of phenolic OH excluding ortho intramolecular Hbond substituents is 2. The van der Waals surface area contributed by atoms with Crippen LogP contribution in [-0.2, 0) is 11.3 Å². The fourth-order valence-corrected chi connectivity index (χ4v) is 3.70. The third-order valence-corrected chi connectivity index (χ3v) is 5.24. The van der Waals surface area contributed by atoms with E-state index in [-0.39, 0.29) is 41.8 Å². The molecule has 0 radical (unpaired) electrons. The van der Waals surface area contributed by atoms with Crippen molar-refractivity contribution in [2.75, 3.05) is 25.0 Å². The van der Waals surface area contributed by atoms with E-state index in [1.54, 1.807) is 0 Å². The summed E-state index contributed by atoms with van der Waals surface area (Å²) in [5.74, 6) is -4.37. The van der Waals surface area contributed by atoms with Crippen LogP contribution in [0.15, 0.2) is 39.8 Å². The zero-order valence-corrected chi connectivity index (χ0v) is 23.2. The normalized spacial score (nSPS) is 13.4. The molecule has 0 bridgehead atoms. The lowest BCUT2D eigenvalue weighted by Gasteiger charge is -2.23. The largest absolute Gasteiger partial charge is 0.508 e. The number of aliphatic imine (C=N–C) groups is 1. The van der Waals surface area contributed by atoms with Gasteiger partial charge in [0.25, 0.3) is 11.8 Å². The molecule has 9 nitrogen and oxygen atoms in total. The van der Waals surface area contributed by atoms with Gasteiger partial charge in [0, 0.05) is 34.4 Å². The average molecular weight is 607 g/mol. The Balaban J connectivity index is 0.00000163. The van der Waals surface area contributed by atoms with Crippen molar-refractivity contribution >= 4 is 51.0 Å². The van der Waals surface area contributed by atoms with E-state index < -0.39 is 30.8 Å². The highest BCUT2D eigenvalue weighted by Crippen LogP contribution is 2.31. The van der Waals surface area contributed by atoms with Crippen molar-refractivity contribution in [1.82, 2.24) is 16.0 Å². The van der Waals surface area contributed by atoms with E-state index in [1.807, 2.05) is 27.7 Å². The van der Waals surface area contributed by atoms with Crippen molar-refractivity contribution in [2.45, 2.75) is 40.2 Å². The SMILES string of the molecule is CC.CC.O=C(CNC(=O)c1cc(O)cc(NC2=NCC(F)(F)CN2)c1)NCc1cc(Cl)cc(Br)c1O. The number of alkyl halides is 2. The van der Waals surface area contributed by atoms with Gasteiger partial charge in [0.05, 0.1) is 17.6 Å². The summed E-state index contributed by atoms with van der Waals surface area (Å²) in [4.78, 5) is 28.2. The molecular weight excluding hydrogens is 576 g/mol. The molecule has 6 N–H and O–H groups in total. The molecule has 0 aliphatic carbocycles. The molecule has 0 saturated carbocycles. The first-order valence-electron chi connectivity index (χ1n) is 11.5. The molecule has 13 heteroatoms. The Morgan fingerprint density at radius 2 is 1.78 bits per heavy atom. The molecule has 2 aromatic carbocycles. The number of guanidine groups is 1. The fraction of sp³-hybridized carbons (Fsp3) is 0.375. The van der Waals surface area contributed by atoms with Crippen molar-refractivity contribution in [3.8, 4) is 11.5 Å². The van der Waals surface area contributed by atoms with E-state index in [9.17, 15) is 28.6 Å². The quantitative estimate of drug-likeness (QED) is 0.284. The minimum Gasteiger partial charge on any atom is -0.508 e. The monoisotopic (exact) mass is 605 g/mol. The van der Waals surface area contributed by atoms with Crippen LogP contribution >= 0.6 is 27.5 Å². The molecule has 1 heterocycles. The molecule has 0 fully saturated rings. The summed E-state index contributed by atoms with van der Waals surface area (Å²) in [5, 5.41) is 30.4. The zero-order valence-electron chi connectivity index (χ0n) is 20.9. The molecule has 37 heavy (non-hydrogen) atoms. The summed E-state index contributed by atoms with van der Waals surface area (Å²) >= 11 is 9.08. The van der Waals surface area contributed by atoms with Gasteiger partial charge in [-0.2, -0.15) is 0 Å². The minimum atomic E-state index is -2.95. The molecule has 0 aromatic heterocycles. The number of hydrogen-bond acceptors (Lipinski definition) is 7. The number of carbonyl (C=O) groups excluding carboxylic acids is 2. The molecule has 0 spiro atoms. The first kappa shape index (κ1) is 31.9. The van der Waals surface area contributed by atoms with E-state index in [0.29, 0.717) is 15.1 Å². The zero-order chi connectivity index (χ0) is 28.2. The molecule has 2 aromatic rings. The third-order valence-electron chi connectivity index (χ3n) is 4.42. The molecule has 204 valence electrons. The molecular formula is C24H31BrClF2N5O4. The number of halogens is 4. The van der Waals surface area contributed by atoms with Gasteiger partial charge in [0.1, 0.15) is 18.0 Å². The van der Waals surface area contributed by atoms with E-state index in [2.05, 4.69) is 42.2 Å². The predicted molar refractivity (Wildman–Crippen MR) is 145 cm³/mol. The van der Waals surface area contributed by atoms with Gasteiger partial charge >= 0.3 is 0 Å². The molecule has 1 aliphatic heterocycles. The lowest BCUT2D eigenvalue weighted by Crippen LogP contribution is -2.46. The standard InChI is InChI=1S/C20H19BrClF2N5O4.2C2H6/c21-15-4-12(22)1-11(17(15)32)6-25-16(31)7-26-18(33)10-2-13(5-14(30)3-10)29-19-27-8-20(23,24)9-28-19;2*1-2/h1-5,30,32H,6-9H2,(H,25,31)(H,26,33)(H2,27,28,29);2*1-2H3. The van der Waals surface area contributed by atoms with Crippen LogP contribution in [0.3, 0.4) is 0 Å². The van der Waals surface area contributed by atoms with Crippen LogP contribution in [0.5, 0.6) is 11.5 Å². The maximum Gasteiger partial charge on any atom is 0.284 e. The average Bonchev–Trinajstić information content (AvgIpc) is 2.87. The Kier molecular flexibility index (Phi) is 13.1. The van der Waals surface area contributed by atoms with Crippen LogP contribution in [0.4, 0.5) is 14.5 Å². The maximum absolute atomic E-state index is 13.2. The predicted octanol–water partition coefficient (Wildman–Crippen LogP) is 4.62. The number of carbonyl (C=O) groups is 2. The highest BCUT2D eigenvalue weighted by Gasteiger charge is 2.32. The van der Waals surface area contributed by atoms with E-state index >= 15 is 0 Å². The van der Waals surface area contributed by atoms with Crippen LogP contribution in [-0.4, -0.2) is 53.5 Å². The van der Waals surface area contributed by atoms with Gasteiger partial charge in [0.2, 0.25) is 5.91 Å². The summed E-state index contributed by atoms with van der Waals surface area (Å²) in [5.41, 5.74) is 0.654. The number of anilines is 1. The first-order chi connectivity index (χ1) is 17.5. The Labute approximate surface area is 227 Å². The molecule has 3 rings (SSSR count). The van der Waals surface area contributed by atoms with Crippen LogP contribution < -0.4 is 21.3 Å². The number of phenols is 2. The second kappa shape index (κ2) is 15.2. The summed E-state index contributed by atoms with van der Waals surface area (Å²) in [6, 6.07) is 6.84. The van der Waals surface area contributed by atoms with Gasteiger partial charge in [-0.05, 0) is 40.2 Å². The number of hydrogen-bond donors (Lipinski definition) is 6. The minimum absolute atomic E-state index is 0.0198. The van der Waals surface area contributed by atoms with Crippen molar-refractivity contribution in [1.29, 1.82) is 0 Å². The van der Waals surface area contributed by atoms with E-state index in [1.165, 1.54) is 30.3 Å². The van der Waals surface area contributed by atoms with Crippen molar-refractivity contribution in [2.24, 2.45) is 4.99 Å². The Morgan fingerprint density at radius 1 is 1.11 bits per heavy atom. The molecule has 0 saturated heterocycles. The fourth-order valence-electron chi connectivity index (χ4n) is 2.83. The number of amides is 2. The van der Waals surface area contributed by atoms with Gasteiger partial charge < -0.3 is 31.5 Å². The topological polar surface area (TPSA) is 135 Å². The number of aromatic hydroxyl groups is 2. The van der Waals surface area contributed by atoms with E-state index in [0.717, 1.165) is 0 Å². The molecule has 2 amide bonds. The van der Waals surface area contributed by atoms with Gasteiger partial charge in [-0.15, -0.1) is 0 Å². The van der Waals surface area contributed by atoms with Crippen molar-refractivity contribution in [3.05, 3.63) is 51.0 Å². The number of benzene rings is 2. The van der Waals surface area contributed by atoms with E-state index in [4.69, 9.17) is 11.6 Å². The maximum atomic E-state index is 13.2. The van der Waals surface area contributed by atoms with Crippen LogP contribution in [0, 0.1) is 0 Å². The third kappa shape index (κ3) is 10.4. The molecule has 0 unspecified atom stereocenters. The Hall–Kier alpha value is -3.12. The number of nitrogens with zero attached hydrogens (tertiary/aromatic N) is 1. The van der Waals surface area contributed by atoms with Crippen molar-refractivity contribution < 1.29 is 28.6 Å². The summed E-state index contributed by atoms with van der Waals surface area (Å²) in [6.45, 7) is 6.33. The molecule has 1 aliphatic rings.